The molecule has 0 bridgehead atoms. The largest absolute Gasteiger partial charge is 0.338 e. The number of tetrazole rings is 1. The Labute approximate surface area is 123 Å². The van der Waals surface area contributed by atoms with Crippen LogP contribution in [-0.4, -0.2) is 44.1 Å². The number of hydrogen-bond donors (Lipinski definition) is 0. The van der Waals surface area contributed by atoms with Crippen molar-refractivity contribution in [1.82, 2.24) is 25.1 Å². The van der Waals surface area contributed by atoms with Gasteiger partial charge in [0.1, 0.15) is 6.33 Å². The Morgan fingerprint density at radius 3 is 3.10 bits per heavy atom. The first-order chi connectivity index (χ1) is 10.3. The highest BCUT2D eigenvalue weighted by molar-refractivity contribution is 5.94. The van der Waals surface area contributed by atoms with E-state index >= 15 is 0 Å². The van der Waals surface area contributed by atoms with Crippen LogP contribution >= 0.6 is 0 Å². The van der Waals surface area contributed by atoms with Crippen LogP contribution < -0.4 is 0 Å². The molecule has 0 N–H and O–H groups in total. The van der Waals surface area contributed by atoms with E-state index in [0.717, 1.165) is 31.6 Å². The second-order valence-electron chi connectivity index (χ2n) is 5.47. The van der Waals surface area contributed by atoms with Gasteiger partial charge in [-0.1, -0.05) is 19.4 Å². The number of piperidine rings is 1. The maximum Gasteiger partial charge on any atom is 0.253 e. The van der Waals surface area contributed by atoms with E-state index in [-0.39, 0.29) is 5.91 Å². The first-order valence-corrected chi connectivity index (χ1v) is 7.40. The molecule has 1 fully saturated rings. The van der Waals surface area contributed by atoms with E-state index < -0.39 is 0 Å². The predicted octanol–water partition coefficient (Wildman–Crippen LogP) is 1.92. The summed E-state index contributed by atoms with van der Waals surface area (Å²) in [6.07, 6.45) is 4.98. The van der Waals surface area contributed by atoms with E-state index in [0.29, 0.717) is 11.5 Å². The van der Waals surface area contributed by atoms with Crippen LogP contribution in [0.1, 0.15) is 36.5 Å². The molecular formula is C15H19N5O. The van der Waals surface area contributed by atoms with Crippen molar-refractivity contribution in [3.05, 3.63) is 36.2 Å². The number of carbonyl (C=O) groups excluding carboxylic acids is 1. The van der Waals surface area contributed by atoms with Crippen LogP contribution in [0.25, 0.3) is 5.69 Å². The standard InChI is InChI=1S/C15H19N5O/c1-2-12-5-4-8-19(10-12)15(21)13-6-3-7-14(9-13)20-11-16-17-18-20/h3,6-7,9,11-12H,2,4-5,8,10H2,1H3/t12-/m1/s1. The summed E-state index contributed by atoms with van der Waals surface area (Å²) in [6, 6.07) is 7.45. The summed E-state index contributed by atoms with van der Waals surface area (Å²) in [6.45, 7) is 3.91. The third-order valence-corrected chi connectivity index (χ3v) is 4.09. The van der Waals surface area contributed by atoms with Gasteiger partial charge in [-0.3, -0.25) is 4.79 Å². The average Bonchev–Trinajstić information content (AvgIpc) is 3.09. The van der Waals surface area contributed by atoms with Gasteiger partial charge in [0.15, 0.2) is 0 Å². The van der Waals surface area contributed by atoms with E-state index in [2.05, 4.69) is 22.4 Å². The molecule has 110 valence electrons. The molecule has 1 aliphatic rings. The Hall–Kier alpha value is -2.24. The van der Waals surface area contributed by atoms with Gasteiger partial charge in [0.25, 0.3) is 5.91 Å². The molecule has 1 amide bonds. The molecule has 0 radical (unpaired) electrons. The fourth-order valence-corrected chi connectivity index (χ4v) is 2.83. The number of carbonyl (C=O) groups is 1. The molecule has 1 aliphatic heterocycles. The molecule has 1 atom stereocenters. The van der Waals surface area contributed by atoms with Crippen LogP contribution in [0.3, 0.4) is 0 Å². The van der Waals surface area contributed by atoms with Crippen molar-refractivity contribution in [3.8, 4) is 5.69 Å². The Balaban J connectivity index is 1.80. The third kappa shape index (κ3) is 2.94. The fraction of sp³-hybridized carbons (Fsp3) is 0.467. The molecule has 6 heteroatoms. The minimum atomic E-state index is 0.100. The summed E-state index contributed by atoms with van der Waals surface area (Å²) in [5.74, 6) is 0.730. The lowest BCUT2D eigenvalue weighted by molar-refractivity contribution is 0.0671. The Kier molecular flexibility index (Phi) is 3.94. The van der Waals surface area contributed by atoms with E-state index in [4.69, 9.17) is 0 Å². The van der Waals surface area contributed by atoms with Crippen LogP contribution in [0.2, 0.25) is 0 Å². The smallest absolute Gasteiger partial charge is 0.253 e. The van der Waals surface area contributed by atoms with Crippen molar-refractivity contribution < 1.29 is 4.79 Å². The molecule has 0 spiro atoms. The normalized spacial score (nSPS) is 18.7. The number of likely N-dealkylation sites (tertiary alicyclic amines) is 1. The average molecular weight is 285 g/mol. The minimum absolute atomic E-state index is 0.100. The molecule has 3 rings (SSSR count). The lowest BCUT2D eigenvalue weighted by atomic mass is 9.95. The fourth-order valence-electron chi connectivity index (χ4n) is 2.83. The van der Waals surface area contributed by atoms with E-state index in [1.807, 2.05) is 29.2 Å². The topological polar surface area (TPSA) is 63.9 Å². The van der Waals surface area contributed by atoms with Gasteiger partial charge in [-0.05, 0) is 47.4 Å². The molecule has 0 aliphatic carbocycles. The van der Waals surface area contributed by atoms with Crippen molar-refractivity contribution in [3.63, 3.8) is 0 Å². The molecule has 1 aromatic heterocycles. The quantitative estimate of drug-likeness (QED) is 0.864. The van der Waals surface area contributed by atoms with Gasteiger partial charge in [0.2, 0.25) is 0 Å². The van der Waals surface area contributed by atoms with Gasteiger partial charge in [-0.2, -0.15) is 0 Å². The summed E-state index contributed by atoms with van der Waals surface area (Å²) in [7, 11) is 0. The Morgan fingerprint density at radius 2 is 2.33 bits per heavy atom. The van der Waals surface area contributed by atoms with E-state index in [1.165, 1.54) is 12.7 Å². The number of nitrogens with zero attached hydrogens (tertiary/aromatic N) is 5. The van der Waals surface area contributed by atoms with Crippen molar-refractivity contribution >= 4 is 5.91 Å². The van der Waals surface area contributed by atoms with Gasteiger partial charge in [0, 0.05) is 18.7 Å². The minimum Gasteiger partial charge on any atom is -0.338 e. The van der Waals surface area contributed by atoms with Gasteiger partial charge < -0.3 is 4.90 Å². The zero-order chi connectivity index (χ0) is 14.7. The SMILES string of the molecule is CC[C@@H]1CCCN(C(=O)c2cccc(-n3cnnn3)c2)C1. The first kappa shape index (κ1) is 13.7. The van der Waals surface area contributed by atoms with Crippen molar-refractivity contribution in [2.45, 2.75) is 26.2 Å². The number of rotatable bonds is 3. The van der Waals surface area contributed by atoms with E-state index in [9.17, 15) is 4.79 Å². The highest BCUT2D eigenvalue weighted by Crippen LogP contribution is 2.21. The third-order valence-electron chi connectivity index (χ3n) is 4.09. The maximum atomic E-state index is 12.6. The lowest BCUT2D eigenvalue weighted by Crippen LogP contribution is -2.39. The van der Waals surface area contributed by atoms with Gasteiger partial charge in [0.05, 0.1) is 5.69 Å². The molecular weight excluding hydrogens is 266 g/mol. The maximum absolute atomic E-state index is 12.6. The summed E-state index contributed by atoms with van der Waals surface area (Å²) in [5, 5.41) is 11.1. The van der Waals surface area contributed by atoms with Gasteiger partial charge in [-0.15, -0.1) is 5.10 Å². The summed E-state index contributed by atoms with van der Waals surface area (Å²) >= 11 is 0. The van der Waals surface area contributed by atoms with Gasteiger partial charge >= 0.3 is 0 Å². The molecule has 21 heavy (non-hydrogen) atoms. The molecule has 2 heterocycles. The number of aromatic nitrogens is 4. The zero-order valence-corrected chi connectivity index (χ0v) is 12.1. The van der Waals surface area contributed by atoms with Crippen molar-refractivity contribution in [2.24, 2.45) is 5.92 Å². The number of hydrogen-bond acceptors (Lipinski definition) is 4. The summed E-state index contributed by atoms with van der Waals surface area (Å²) in [5.41, 5.74) is 1.50. The number of benzene rings is 1. The van der Waals surface area contributed by atoms with Crippen LogP contribution in [0.4, 0.5) is 0 Å². The highest BCUT2D eigenvalue weighted by atomic mass is 16.2. The Morgan fingerprint density at radius 1 is 1.43 bits per heavy atom. The molecule has 1 aromatic carbocycles. The van der Waals surface area contributed by atoms with Crippen LogP contribution in [0.5, 0.6) is 0 Å². The molecule has 0 saturated carbocycles. The van der Waals surface area contributed by atoms with Crippen LogP contribution in [-0.2, 0) is 0 Å². The van der Waals surface area contributed by atoms with Crippen LogP contribution in [0.15, 0.2) is 30.6 Å². The summed E-state index contributed by atoms with van der Waals surface area (Å²) < 4.78 is 1.56. The highest BCUT2D eigenvalue weighted by Gasteiger charge is 2.23. The zero-order valence-electron chi connectivity index (χ0n) is 12.1. The Bertz CT molecular complexity index is 610. The van der Waals surface area contributed by atoms with Crippen molar-refractivity contribution in [1.29, 1.82) is 0 Å². The monoisotopic (exact) mass is 285 g/mol. The molecule has 1 saturated heterocycles. The second-order valence-corrected chi connectivity index (χ2v) is 5.47. The molecule has 6 nitrogen and oxygen atoms in total. The lowest BCUT2D eigenvalue weighted by Gasteiger charge is -2.32. The summed E-state index contributed by atoms with van der Waals surface area (Å²) in [4.78, 5) is 14.6. The van der Waals surface area contributed by atoms with E-state index in [1.54, 1.807) is 4.68 Å². The van der Waals surface area contributed by atoms with Gasteiger partial charge in [-0.25, -0.2) is 4.68 Å². The predicted molar refractivity (Wildman–Crippen MR) is 78.1 cm³/mol. The van der Waals surface area contributed by atoms with Crippen LogP contribution in [0, 0.1) is 5.92 Å². The van der Waals surface area contributed by atoms with Crippen molar-refractivity contribution in [2.75, 3.05) is 13.1 Å². The first-order valence-electron chi connectivity index (χ1n) is 7.40. The molecule has 0 unspecified atom stereocenters. The second kappa shape index (κ2) is 6.03. The number of amides is 1. The molecule has 2 aromatic rings.